The minimum absolute atomic E-state index is 0.0130. The van der Waals surface area contributed by atoms with Crippen LogP contribution in [-0.4, -0.2) is 31.8 Å². The van der Waals surface area contributed by atoms with Gasteiger partial charge in [0.25, 0.3) is 0 Å². The fraction of sp³-hybridized carbons (Fsp3) is 0.280. The van der Waals surface area contributed by atoms with E-state index in [1.807, 2.05) is 12.1 Å². The van der Waals surface area contributed by atoms with Gasteiger partial charge in [0, 0.05) is 24.2 Å². The summed E-state index contributed by atoms with van der Waals surface area (Å²) in [5.74, 6) is -0.790. The average molecular weight is 507 g/mol. The molecule has 0 aliphatic carbocycles. The van der Waals surface area contributed by atoms with E-state index in [0.717, 1.165) is 23.1 Å². The summed E-state index contributed by atoms with van der Waals surface area (Å²) in [6.07, 6.45) is -4.63. The number of nitrogens with two attached hydrogens (primary N) is 1. The number of carbonyl (C=O) groups is 1. The lowest BCUT2D eigenvalue weighted by Gasteiger charge is -2.46. The predicted molar refractivity (Wildman–Crippen MR) is 124 cm³/mol. The molecule has 12 heteroatoms. The first-order valence-electron chi connectivity index (χ1n) is 11.2. The third kappa shape index (κ3) is 4.79. The molecule has 0 spiro atoms. The Hall–Kier alpha value is -4.55. The van der Waals surface area contributed by atoms with Crippen LogP contribution in [0.4, 0.5) is 23.7 Å². The normalized spacial score (nSPS) is 19.0. The van der Waals surface area contributed by atoms with Gasteiger partial charge in [-0.25, -0.2) is 19.7 Å². The van der Waals surface area contributed by atoms with Gasteiger partial charge in [-0.2, -0.15) is 23.7 Å². The van der Waals surface area contributed by atoms with Crippen LogP contribution in [0.1, 0.15) is 65.3 Å². The first kappa shape index (κ1) is 25.5. The number of halogens is 3. The van der Waals surface area contributed by atoms with Gasteiger partial charge in [-0.05, 0) is 48.7 Å². The van der Waals surface area contributed by atoms with Crippen LogP contribution in [-0.2, 0) is 12.6 Å². The van der Waals surface area contributed by atoms with E-state index < -0.39 is 29.4 Å². The maximum Gasteiger partial charge on any atom is 0.416 e. The lowest BCUT2D eigenvalue weighted by molar-refractivity contribution is -0.137. The molecule has 4 rings (SSSR count). The van der Waals surface area contributed by atoms with Crippen LogP contribution in [0, 0.1) is 22.7 Å². The Balaban J connectivity index is 1.88. The molecule has 0 saturated carbocycles. The highest BCUT2D eigenvalue weighted by Gasteiger charge is 2.46. The van der Waals surface area contributed by atoms with E-state index in [4.69, 9.17) is 11.0 Å². The van der Waals surface area contributed by atoms with E-state index in [2.05, 4.69) is 15.0 Å². The SMILES string of the molecule is CC[C@]1(N)C[C@H](c2ncc(C#N)c(Cc3cccc(C#N)n3)n2)c2cc(C(F)(F)F)ccc2N1C(=O)O. The minimum atomic E-state index is -4.66. The Morgan fingerprint density at radius 3 is 2.62 bits per heavy atom. The van der Waals surface area contributed by atoms with Crippen LogP contribution in [0.2, 0.25) is 0 Å². The fourth-order valence-electron chi connectivity index (χ4n) is 4.48. The van der Waals surface area contributed by atoms with Gasteiger partial charge in [0.2, 0.25) is 0 Å². The van der Waals surface area contributed by atoms with Gasteiger partial charge in [0.05, 0.1) is 22.5 Å². The predicted octanol–water partition coefficient (Wildman–Crippen LogP) is 4.31. The van der Waals surface area contributed by atoms with Crippen LogP contribution in [0.25, 0.3) is 0 Å². The van der Waals surface area contributed by atoms with Gasteiger partial charge >= 0.3 is 12.3 Å². The largest absolute Gasteiger partial charge is 0.465 e. The Morgan fingerprint density at radius 1 is 1.24 bits per heavy atom. The van der Waals surface area contributed by atoms with E-state index in [-0.39, 0.29) is 53.3 Å². The quantitative estimate of drug-likeness (QED) is 0.530. The smallest absolute Gasteiger partial charge is 0.416 e. The number of fused-ring (bicyclic) bond motifs is 1. The number of benzene rings is 1. The highest BCUT2D eigenvalue weighted by molar-refractivity contribution is 5.90. The second kappa shape index (κ2) is 9.48. The maximum absolute atomic E-state index is 13.6. The molecular weight excluding hydrogens is 487 g/mol. The zero-order chi connectivity index (χ0) is 27.0. The lowest BCUT2D eigenvalue weighted by Crippen LogP contribution is -2.61. The number of amides is 1. The zero-order valence-electron chi connectivity index (χ0n) is 19.5. The van der Waals surface area contributed by atoms with Gasteiger partial charge < -0.3 is 10.8 Å². The van der Waals surface area contributed by atoms with Crippen molar-refractivity contribution < 1.29 is 23.1 Å². The summed E-state index contributed by atoms with van der Waals surface area (Å²) in [6.45, 7) is 1.68. The molecule has 37 heavy (non-hydrogen) atoms. The molecule has 3 N–H and O–H groups in total. The van der Waals surface area contributed by atoms with Crippen molar-refractivity contribution in [3.8, 4) is 12.1 Å². The molecule has 1 amide bonds. The van der Waals surface area contributed by atoms with Gasteiger partial charge in [-0.1, -0.05) is 13.0 Å². The van der Waals surface area contributed by atoms with Crippen molar-refractivity contribution in [3.05, 3.63) is 82.2 Å². The second-order valence-electron chi connectivity index (χ2n) is 8.61. The number of rotatable bonds is 4. The molecule has 3 aromatic rings. The van der Waals surface area contributed by atoms with Gasteiger partial charge in [-0.3, -0.25) is 4.90 Å². The summed E-state index contributed by atoms with van der Waals surface area (Å²) in [5, 5.41) is 28.6. The summed E-state index contributed by atoms with van der Waals surface area (Å²) in [5.41, 5.74) is 5.22. The van der Waals surface area contributed by atoms with Crippen LogP contribution < -0.4 is 10.6 Å². The average Bonchev–Trinajstić information content (AvgIpc) is 2.87. The molecule has 2 aromatic heterocycles. The number of nitrogens with zero attached hydrogens (tertiary/aromatic N) is 6. The molecule has 2 atom stereocenters. The van der Waals surface area contributed by atoms with Crippen molar-refractivity contribution in [2.24, 2.45) is 5.73 Å². The van der Waals surface area contributed by atoms with Crippen LogP contribution >= 0.6 is 0 Å². The number of pyridine rings is 1. The first-order chi connectivity index (χ1) is 17.5. The van der Waals surface area contributed by atoms with E-state index in [0.29, 0.717) is 5.69 Å². The maximum atomic E-state index is 13.6. The minimum Gasteiger partial charge on any atom is -0.465 e. The lowest BCUT2D eigenvalue weighted by atomic mass is 9.80. The van der Waals surface area contributed by atoms with Crippen LogP contribution in [0.3, 0.4) is 0 Å². The molecule has 3 heterocycles. The van der Waals surface area contributed by atoms with E-state index in [1.165, 1.54) is 12.3 Å². The Labute approximate surface area is 209 Å². The monoisotopic (exact) mass is 507 g/mol. The molecule has 1 aliphatic heterocycles. The summed E-state index contributed by atoms with van der Waals surface area (Å²) in [7, 11) is 0. The Bertz CT molecular complexity index is 1460. The van der Waals surface area contributed by atoms with E-state index in [1.54, 1.807) is 19.1 Å². The van der Waals surface area contributed by atoms with E-state index in [9.17, 15) is 28.3 Å². The van der Waals surface area contributed by atoms with Crippen molar-refractivity contribution in [1.29, 1.82) is 10.5 Å². The number of alkyl halides is 3. The van der Waals surface area contributed by atoms with Gasteiger partial charge in [0.1, 0.15) is 29.3 Å². The van der Waals surface area contributed by atoms with Gasteiger partial charge in [-0.15, -0.1) is 0 Å². The number of nitriles is 2. The standard InChI is InChI=1S/C25H20F3N7O2/c1-2-24(31)10-19(18-8-15(25(26,27)28)6-7-21(18)35(24)23(36)37)22-32-13-14(11-29)20(34-22)9-16-4-3-5-17(12-30)33-16/h3-8,13,19H,2,9-10,31H2,1H3,(H,36,37)/t19-,24+/m0/s1. The third-order valence-corrected chi connectivity index (χ3v) is 6.37. The highest BCUT2D eigenvalue weighted by atomic mass is 19.4. The molecule has 1 aromatic carbocycles. The van der Waals surface area contributed by atoms with Crippen molar-refractivity contribution in [3.63, 3.8) is 0 Å². The molecule has 1 aliphatic rings. The van der Waals surface area contributed by atoms with Crippen molar-refractivity contribution in [2.45, 2.75) is 43.9 Å². The molecule has 0 saturated heterocycles. The summed E-state index contributed by atoms with van der Waals surface area (Å²) >= 11 is 0. The fourth-order valence-corrected chi connectivity index (χ4v) is 4.48. The number of hydrogen-bond acceptors (Lipinski definition) is 7. The topological polar surface area (TPSA) is 153 Å². The van der Waals surface area contributed by atoms with Crippen molar-refractivity contribution >= 4 is 11.8 Å². The van der Waals surface area contributed by atoms with Crippen molar-refractivity contribution in [1.82, 2.24) is 15.0 Å². The second-order valence-corrected chi connectivity index (χ2v) is 8.61. The summed E-state index contributed by atoms with van der Waals surface area (Å²) in [4.78, 5) is 26.0. The summed E-state index contributed by atoms with van der Waals surface area (Å²) < 4.78 is 40.7. The zero-order valence-corrected chi connectivity index (χ0v) is 19.5. The molecule has 0 unspecified atom stereocenters. The van der Waals surface area contributed by atoms with Crippen LogP contribution in [0.15, 0.2) is 42.6 Å². The molecule has 9 nitrogen and oxygen atoms in total. The molecule has 188 valence electrons. The number of aromatic nitrogens is 3. The Morgan fingerprint density at radius 2 is 2.00 bits per heavy atom. The van der Waals surface area contributed by atoms with Crippen LogP contribution in [0.5, 0.6) is 0 Å². The molecular formula is C25H20F3N7O2. The molecule has 0 fully saturated rings. The first-order valence-corrected chi connectivity index (χ1v) is 11.2. The molecule has 0 radical (unpaired) electrons. The van der Waals surface area contributed by atoms with E-state index >= 15 is 0 Å². The number of hydrogen-bond donors (Lipinski definition) is 2. The number of anilines is 1. The van der Waals surface area contributed by atoms with Crippen molar-refractivity contribution in [2.75, 3.05) is 4.90 Å². The Kier molecular flexibility index (Phi) is 6.55. The third-order valence-electron chi connectivity index (χ3n) is 6.37. The van der Waals surface area contributed by atoms with Gasteiger partial charge in [0.15, 0.2) is 0 Å². The summed E-state index contributed by atoms with van der Waals surface area (Å²) in [6, 6.07) is 11.5. The highest BCUT2D eigenvalue weighted by Crippen LogP contribution is 2.47. The number of carboxylic acid groups (broad SMARTS) is 1. The molecule has 0 bridgehead atoms.